The van der Waals surface area contributed by atoms with Crippen LogP contribution >= 0.6 is 11.6 Å². The summed E-state index contributed by atoms with van der Waals surface area (Å²) < 4.78 is 56.1. The molecule has 0 unspecified atom stereocenters. The van der Waals surface area contributed by atoms with Crippen molar-refractivity contribution in [1.29, 1.82) is 0 Å². The number of aromatic nitrogens is 2. The van der Waals surface area contributed by atoms with E-state index >= 15 is 0 Å². The summed E-state index contributed by atoms with van der Waals surface area (Å²) >= 11 is 5.96. The average molecular weight is 477 g/mol. The Bertz CT molecular complexity index is 1440. The second-order valence-corrected chi connectivity index (χ2v) is 7.60. The summed E-state index contributed by atoms with van der Waals surface area (Å²) in [5, 5.41) is 12.8. The van der Waals surface area contributed by atoms with Crippen LogP contribution in [0.15, 0.2) is 54.6 Å². The second kappa shape index (κ2) is 8.00. The number of halogens is 5. The predicted molar refractivity (Wildman–Crippen MR) is 113 cm³/mol. The standard InChI is InChI=1S/C23H13ClF4N2O3/c1-11-10-12(8-9-13(11)22(32)33)20-19-16(25)6-3-7-17(19)30(29-20)21(31)18-14(23(26,27)28)4-2-5-15(18)24/h2-10H,1H3,(H,32,33). The van der Waals surface area contributed by atoms with Crippen molar-refractivity contribution >= 4 is 34.4 Å². The number of nitrogens with zero attached hydrogens (tertiary/aromatic N) is 2. The number of aromatic carboxylic acids is 1. The highest BCUT2D eigenvalue weighted by Crippen LogP contribution is 2.37. The van der Waals surface area contributed by atoms with Gasteiger partial charge in [0.05, 0.1) is 32.6 Å². The summed E-state index contributed by atoms with van der Waals surface area (Å²) in [4.78, 5) is 24.5. The lowest BCUT2D eigenvalue weighted by Crippen LogP contribution is -2.20. The lowest BCUT2D eigenvalue weighted by Gasteiger charge is -2.13. The Labute approximate surface area is 188 Å². The number of fused-ring (bicyclic) bond motifs is 1. The van der Waals surface area contributed by atoms with Gasteiger partial charge in [-0.3, -0.25) is 4.79 Å². The van der Waals surface area contributed by atoms with Crippen molar-refractivity contribution in [2.45, 2.75) is 13.1 Å². The fourth-order valence-corrected chi connectivity index (χ4v) is 3.87. The first-order valence-corrected chi connectivity index (χ1v) is 9.80. The van der Waals surface area contributed by atoms with Crippen molar-refractivity contribution < 1.29 is 32.3 Å². The van der Waals surface area contributed by atoms with Gasteiger partial charge in [0, 0.05) is 5.56 Å². The molecule has 0 atom stereocenters. The summed E-state index contributed by atoms with van der Waals surface area (Å²) in [7, 11) is 0. The van der Waals surface area contributed by atoms with Gasteiger partial charge < -0.3 is 5.11 Å². The average Bonchev–Trinajstić information content (AvgIpc) is 3.13. The Morgan fingerprint density at radius 1 is 1.06 bits per heavy atom. The molecule has 5 nitrogen and oxygen atoms in total. The topological polar surface area (TPSA) is 72.2 Å². The van der Waals surface area contributed by atoms with Crippen molar-refractivity contribution in [3.8, 4) is 11.3 Å². The zero-order valence-electron chi connectivity index (χ0n) is 16.7. The molecule has 1 N–H and O–H groups in total. The van der Waals surface area contributed by atoms with Crippen molar-refractivity contribution in [2.24, 2.45) is 0 Å². The first-order valence-electron chi connectivity index (χ1n) is 9.42. The Balaban J connectivity index is 1.98. The Morgan fingerprint density at radius 2 is 1.76 bits per heavy atom. The van der Waals surface area contributed by atoms with Crippen molar-refractivity contribution in [1.82, 2.24) is 9.78 Å². The van der Waals surface area contributed by atoms with E-state index in [4.69, 9.17) is 11.6 Å². The molecule has 0 fully saturated rings. The van der Waals surface area contributed by atoms with Crippen LogP contribution in [0.4, 0.5) is 17.6 Å². The Kier molecular flexibility index (Phi) is 5.45. The third kappa shape index (κ3) is 3.84. The van der Waals surface area contributed by atoms with Gasteiger partial charge in [-0.05, 0) is 48.9 Å². The third-order valence-corrected chi connectivity index (χ3v) is 5.43. The zero-order valence-corrected chi connectivity index (χ0v) is 17.5. The smallest absolute Gasteiger partial charge is 0.417 e. The summed E-state index contributed by atoms with van der Waals surface area (Å²) in [6, 6.07) is 10.8. The van der Waals surface area contributed by atoms with Gasteiger partial charge in [-0.1, -0.05) is 29.8 Å². The van der Waals surface area contributed by atoms with Gasteiger partial charge >= 0.3 is 12.1 Å². The van der Waals surface area contributed by atoms with E-state index in [1.54, 1.807) is 0 Å². The molecular weight excluding hydrogens is 464 g/mol. The molecule has 0 aliphatic heterocycles. The summed E-state index contributed by atoms with van der Waals surface area (Å²) in [5.74, 6) is -3.10. The molecule has 0 bridgehead atoms. The van der Waals surface area contributed by atoms with E-state index in [9.17, 15) is 32.3 Å². The molecule has 33 heavy (non-hydrogen) atoms. The lowest BCUT2D eigenvalue weighted by atomic mass is 10.0. The van der Waals surface area contributed by atoms with Crippen LogP contribution in [0.2, 0.25) is 5.02 Å². The maximum atomic E-state index is 14.8. The van der Waals surface area contributed by atoms with E-state index in [0.717, 1.165) is 24.3 Å². The molecule has 0 spiro atoms. The number of hydrogen-bond donors (Lipinski definition) is 1. The first-order chi connectivity index (χ1) is 15.5. The molecule has 1 heterocycles. The summed E-state index contributed by atoms with van der Waals surface area (Å²) in [5.41, 5.74) is -1.50. The summed E-state index contributed by atoms with van der Waals surface area (Å²) in [6.07, 6.45) is -4.86. The van der Waals surface area contributed by atoms with Gasteiger partial charge in [-0.2, -0.15) is 23.0 Å². The molecule has 0 saturated heterocycles. The quantitative estimate of drug-likeness (QED) is 0.357. The maximum absolute atomic E-state index is 14.8. The number of benzene rings is 3. The van der Waals surface area contributed by atoms with Gasteiger partial charge in [-0.15, -0.1) is 0 Å². The monoisotopic (exact) mass is 476 g/mol. The van der Waals surface area contributed by atoms with Gasteiger partial charge in [0.15, 0.2) is 0 Å². The third-order valence-electron chi connectivity index (χ3n) is 5.11. The van der Waals surface area contributed by atoms with E-state index < -0.39 is 40.0 Å². The van der Waals surface area contributed by atoms with Crippen LogP contribution in [-0.4, -0.2) is 26.8 Å². The molecule has 4 aromatic rings. The van der Waals surface area contributed by atoms with Gasteiger partial charge in [-0.25, -0.2) is 9.18 Å². The lowest BCUT2D eigenvalue weighted by molar-refractivity contribution is -0.137. The van der Waals surface area contributed by atoms with Gasteiger partial charge in [0.2, 0.25) is 0 Å². The molecule has 0 aliphatic rings. The van der Waals surface area contributed by atoms with Crippen LogP contribution in [-0.2, 0) is 6.18 Å². The fraction of sp³-hybridized carbons (Fsp3) is 0.0870. The van der Waals surface area contributed by atoms with E-state index in [1.807, 2.05) is 0 Å². The fourth-order valence-electron chi connectivity index (χ4n) is 3.62. The van der Waals surface area contributed by atoms with Crippen LogP contribution in [0.25, 0.3) is 22.2 Å². The highest BCUT2D eigenvalue weighted by molar-refractivity contribution is 6.34. The van der Waals surface area contributed by atoms with Crippen molar-refractivity contribution in [2.75, 3.05) is 0 Å². The van der Waals surface area contributed by atoms with Crippen LogP contribution in [0.5, 0.6) is 0 Å². The van der Waals surface area contributed by atoms with Crippen LogP contribution in [0.3, 0.4) is 0 Å². The van der Waals surface area contributed by atoms with Gasteiger partial charge in [0.25, 0.3) is 5.91 Å². The molecular formula is C23H13ClF4N2O3. The highest BCUT2D eigenvalue weighted by atomic mass is 35.5. The SMILES string of the molecule is Cc1cc(-c2nn(C(=O)c3c(Cl)cccc3C(F)(F)F)c3cccc(F)c23)ccc1C(=O)O. The number of aryl methyl sites for hydroxylation is 1. The van der Waals surface area contributed by atoms with E-state index in [-0.39, 0.29) is 27.7 Å². The van der Waals surface area contributed by atoms with Crippen LogP contribution in [0, 0.1) is 12.7 Å². The van der Waals surface area contributed by atoms with Crippen molar-refractivity contribution in [3.63, 3.8) is 0 Å². The Hall–Kier alpha value is -3.72. The number of carboxylic acid groups (broad SMARTS) is 1. The van der Waals surface area contributed by atoms with E-state index in [1.165, 1.54) is 37.3 Å². The minimum absolute atomic E-state index is 0.0184. The number of carbonyl (C=O) groups is 2. The largest absolute Gasteiger partial charge is 0.478 e. The van der Waals surface area contributed by atoms with Crippen LogP contribution < -0.4 is 0 Å². The minimum Gasteiger partial charge on any atom is -0.478 e. The molecule has 0 aliphatic carbocycles. The first kappa shape index (κ1) is 22.5. The molecule has 0 saturated carbocycles. The number of hydrogen-bond acceptors (Lipinski definition) is 3. The van der Waals surface area contributed by atoms with E-state index in [2.05, 4.69) is 5.10 Å². The number of carbonyl (C=O) groups excluding carboxylic acids is 1. The second-order valence-electron chi connectivity index (χ2n) is 7.19. The molecule has 3 aromatic carbocycles. The molecule has 0 radical (unpaired) electrons. The molecule has 168 valence electrons. The Morgan fingerprint density at radius 3 is 2.39 bits per heavy atom. The van der Waals surface area contributed by atoms with E-state index in [0.29, 0.717) is 10.2 Å². The predicted octanol–water partition coefficient (Wildman–Crippen LogP) is 6.21. The number of alkyl halides is 3. The maximum Gasteiger partial charge on any atom is 0.417 e. The van der Waals surface area contributed by atoms with Crippen molar-refractivity contribution in [3.05, 3.63) is 87.7 Å². The molecule has 10 heteroatoms. The zero-order chi connectivity index (χ0) is 24.1. The normalized spacial score (nSPS) is 11.7. The number of rotatable bonds is 3. The minimum atomic E-state index is -4.86. The highest BCUT2D eigenvalue weighted by Gasteiger charge is 2.37. The molecule has 0 amide bonds. The number of carboxylic acids is 1. The summed E-state index contributed by atoms with van der Waals surface area (Å²) in [6.45, 7) is 1.53. The van der Waals surface area contributed by atoms with Gasteiger partial charge in [0.1, 0.15) is 11.5 Å². The molecule has 4 rings (SSSR count). The van der Waals surface area contributed by atoms with Crippen LogP contribution in [0.1, 0.15) is 31.8 Å². The molecule has 1 aromatic heterocycles.